The SMILES string of the molecule is CCCCCCCCCCC(C)(C(=O)[O-])C(=O)N(CC)CC.[K+]. The first-order valence-electron chi connectivity index (χ1n) is 8.94. The van der Waals surface area contributed by atoms with Gasteiger partial charge in [-0.1, -0.05) is 58.3 Å². The molecule has 0 aromatic rings. The van der Waals surface area contributed by atoms with E-state index in [0.717, 1.165) is 19.3 Å². The van der Waals surface area contributed by atoms with Crippen LogP contribution < -0.4 is 56.5 Å². The third kappa shape index (κ3) is 9.59. The van der Waals surface area contributed by atoms with Crippen LogP contribution in [0.4, 0.5) is 0 Å². The number of rotatable bonds is 13. The van der Waals surface area contributed by atoms with Crippen molar-refractivity contribution in [3.63, 3.8) is 0 Å². The number of nitrogens with zero attached hydrogens (tertiary/aromatic N) is 1. The van der Waals surface area contributed by atoms with Crippen LogP contribution in [-0.4, -0.2) is 29.9 Å². The van der Waals surface area contributed by atoms with Crippen LogP contribution >= 0.6 is 0 Å². The number of carboxylic acid groups (broad SMARTS) is 1. The molecule has 1 atom stereocenters. The number of carboxylic acids is 1. The molecular weight excluding hydrogens is 317 g/mol. The van der Waals surface area contributed by atoms with Gasteiger partial charge in [0.2, 0.25) is 5.91 Å². The van der Waals surface area contributed by atoms with Gasteiger partial charge in [-0.05, 0) is 27.2 Å². The fraction of sp³-hybridized carbons (Fsp3) is 0.889. The van der Waals surface area contributed by atoms with Gasteiger partial charge < -0.3 is 14.8 Å². The minimum Gasteiger partial charge on any atom is -0.549 e. The summed E-state index contributed by atoms with van der Waals surface area (Å²) in [5, 5.41) is 11.5. The Morgan fingerprint density at radius 1 is 0.870 bits per heavy atom. The van der Waals surface area contributed by atoms with Crippen LogP contribution in [0.2, 0.25) is 0 Å². The first-order chi connectivity index (χ1) is 10.4. The monoisotopic (exact) mass is 351 g/mol. The predicted octanol–water partition coefficient (Wildman–Crippen LogP) is 0.146. The summed E-state index contributed by atoms with van der Waals surface area (Å²) in [6.45, 7) is 8.53. The summed E-state index contributed by atoms with van der Waals surface area (Å²) in [7, 11) is 0. The smallest absolute Gasteiger partial charge is 0.549 e. The molecule has 1 amide bonds. The van der Waals surface area contributed by atoms with Crippen LogP contribution in [0.25, 0.3) is 0 Å². The molecule has 0 saturated heterocycles. The molecule has 0 aliphatic carbocycles. The molecule has 0 fully saturated rings. The molecule has 0 heterocycles. The largest absolute Gasteiger partial charge is 1.00 e. The minimum absolute atomic E-state index is 0. The Morgan fingerprint density at radius 3 is 1.70 bits per heavy atom. The van der Waals surface area contributed by atoms with E-state index < -0.39 is 11.4 Å². The second kappa shape index (κ2) is 14.9. The average Bonchev–Trinajstić information content (AvgIpc) is 2.50. The van der Waals surface area contributed by atoms with Crippen molar-refractivity contribution in [3.8, 4) is 0 Å². The van der Waals surface area contributed by atoms with Crippen molar-refractivity contribution in [1.29, 1.82) is 0 Å². The van der Waals surface area contributed by atoms with E-state index in [-0.39, 0.29) is 57.3 Å². The van der Waals surface area contributed by atoms with Crippen molar-refractivity contribution in [2.45, 2.75) is 85.5 Å². The number of amides is 1. The molecule has 4 nitrogen and oxygen atoms in total. The number of aliphatic carboxylic acids is 1. The molecule has 0 N–H and O–H groups in total. The van der Waals surface area contributed by atoms with E-state index in [1.54, 1.807) is 4.90 Å². The van der Waals surface area contributed by atoms with E-state index in [4.69, 9.17) is 0 Å². The van der Waals surface area contributed by atoms with Gasteiger partial charge in [-0.25, -0.2) is 0 Å². The topological polar surface area (TPSA) is 60.4 Å². The molecule has 0 saturated carbocycles. The molecule has 0 aromatic heterocycles. The van der Waals surface area contributed by atoms with Crippen LogP contribution in [0, 0.1) is 5.41 Å². The molecule has 0 aromatic carbocycles. The molecule has 0 spiro atoms. The van der Waals surface area contributed by atoms with Crippen molar-refractivity contribution >= 4 is 11.9 Å². The quantitative estimate of drug-likeness (QED) is 0.269. The van der Waals surface area contributed by atoms with Crippen LogP contribution in [0.5, 0.6) is 0 Å². The maximum atomic E-state index is 12.4. The summed E-state index contributed by atoms with van der Waals surface area (Å²) >= 11 is 0. The Labute approximate surface area is 185 Å². The number of hydrogen-bond donors (Lipinski definition) is 0. The second-order valence-corrected chi connectivity index (χ2v) is 6.32. The van der Waals surface area contributed by atoms with E-state index in [2.05, 4.69) is 6.92 Å². The van der Waals surface area contributed by atoms with Gasteiger partial charge in [0.1, 0.15) is 0 Å². The molecule has 130 valence electrons. The zero-order chi connectivity index (χ0) is 17.0. The molecule has 0 aliphatic heterocycles. The number of carbonyl (C=O) groups excluding carboxylic acids is 2. The standard InChI is InChI=1S/C18H35NO3.K/c1-5-8-9-10-11-12-13-14-15-18(4,17(21)22)16(20)19(6-2)7-3;/h5-15H2,1-4H3,(H,21,22);/q;+1/p-1. The van der Waals surface area contributed by atoms with Crippen molar-refractivity contribution < 1.29 is 66.1 Å². The van der Waals surface area contributed by atoms with Crippen molar-refractivity contribution in [1.82, 2.24) is 4.90 Å². The van der Waals surface area contributed by atoms with Crippen molar-refractivity contribution in [3.05, 3.63) is 0 Å². The first-order valence-corrected chi connectivity index (χ1v) is 8.94. The Bertz CT molecular complexity index is 332. The van der Waals surface area contributed by atoms with Gasteiger partial charge >= 0.3 is 51.4 Å². The Hall–Kier alpha value is 0.576. The van der Waals surface area contributed by atoms with Crippen LogP contribution in [0.15, 0.2) is 0 Å². The summed E-state index contributed by atoms with van der Waals surface area (Å²) in [6, 6.07) is 0. The van der Waals surface area contributed by atoms with E-state index in [1.165, 1.54) is 39.0 Å². The maximum Gasteiger partial charge on any atom is 1.00 e. The number of unbranched alkanes of at least 4 members (excludes halogenated alkanes) is 7. The van der Waals surface area contributed by atoms with Gasteiger partial charge in [-0.2, -0.15) is 0 Å². The Kier molecular flexibility index (Phi) is 16.7. The Balaban J connectivity index is 0. The molecule has 5 heteroatoms. The van der Waals surface area contributed by atoms with Gasteiger partial charge in [0, 0.05) is 13.1 Å². The summed E-state index contributed by atoms with van der Waals surface area (Å²) in [4.78, 5) is 25.5. The molecule has 0 rings (SSSR count). The van der Waals surface area contributed by atoms with Crippen molar-refractivity contribution in [2.75, 3.05) is 13.1 Å². The normalized spacial score (nSPS) is 13.0. The van der Waals surface area contributed by atoms with Gasteiger partial charge in [0.05, 0.1) is 11.4 Å². The zero-order valence-electron chi connectivity index (χ0n) is 16.0. The van der Waals surface area contributed by atoms with Gasteiger partial charge in [-0.15, -0.1) is 0 Å². The summed E-state index contributed by atoms with van der Waals surface area (Å²) in [5.74, 6) is -1.55. The fourth-order valence-electron chi connectivity index (χ4n) is 2.77. The molecule has 0 aliphatic rings. The first kappa shape index (κ1) is 25.8. The van der Waals surface area contributed by atoms with Crippen molar-refractivity contribution in [2.24, 2.45) is 5.41 Å². The summed E-state index contributed by atoms with van der Waals surface area (Å²) < 4.78 is 0. The zero-order valence-corrected chi connectivity index (χ0v) is 19.1. The van der Waals surface area contributed by atoms with Crippen LogP contribution in [0.3, 0.4) is 0 Å². The fourth-order valence-corrected chi connectivity index (χ4v) is 2.77. The van der Waals surface area contributed by atoms with Crippen LogP contribution in [0.1, 0.15) is 85.5 Å². The van der Waals surface area contributed by atoms with Gasteiger partial charge in [0.15, 0.2) is 0 Å². The molecule has 0 radical (unpaired) electrons. The van der Waals surface area contributed by atoms with Crippen LogP contribution in [-0.2, 0) is 9.59 Å². The molecule has 0 bridgehead atoms. The summed E-state index contributed by atoms with van der Waals surface area (Å²) in [6.07, 6.45) is 9.53. The summed E-state index contributed by atoms with van der Waals surface area (Å²) in [5.41, 5.74) is -1.38. The van der Waals surface area contributed by atoms with Gasteiger partial charge in [-0.3, -0.25) is 4.79 Å². The number of hydrogen-bond acceptors (Lipinski definition) is 3. The minimum atomic E-state index is -1.38. The average molecular weight is 352 g/mol. The third-order valence-corrected chi connectivity index (χ3v) is 4.50. The van der Waals surface area contributed by atoms with E-state index in [9.17, 15) is 14.7 Å². The molecule has 1 unspecified atom stereocenters. The number of carbonyl (C=O) groups is 2. The Morgan fingerprint density at radius 2 is 1.30 bits per heavy atom. The maximum absolute atomic E-state index is 12.4. The van der Waals surface area contributed by atoms with E-state index >= 15 is 0 Å². The molecule has 23 heavy (non-hydrogen) atoms. The molecular formula is C18H34KNO3. The predicted molar refractivity (Wildman–Crippen MR) is 88.3 cm³/mol. The van der Waals surface area contributed by atoms with E-state index in [0.29, 0.717) is 19.5 Å². The van der Waals surface area contributed by atoms with Gasteiger partial charge in [0.25, 0.3) is 0 Å². The second-order valence-electron chi connectivity index (χ2n) is 6.32. The van der Waals surface area contributed by atoms with E-state index in [1.807, 2.05) is 13.8 Å². The third-order valence-electron chi connectivity index (χ3n) is 4.50.